The van der Waals surface area contributed by atoms with Gasteiger partial charge in [-0.15, -0.1) is 12.4 Å². The summed E-state index contributed by atoms with van der Waals surface area (Å²) >= 11 is 0. The molecule has 1 rings (SSSR count). The topological polar surface area (TPSA) is 46.3 Å². The van der Waals surface area contributed by atoms with Crippen molar-refractivity contribution in [3.8, 4) is 0 Å². The number of carbonyl (C=O) groups excluding carboxylic acids is 1. The average Bonchev–Trinajstić information content (AvgIpc) is 2.44. The molecule has 3 atom stereocenters. The van der Waals surface area contributed by atoms with Gasteiger partial charge in [0.05, 0.1) is 6.04 Å². The van der Waals surface area contributed by atoms with E-state index in [1.165, 1.54) is 0 Å². The zero-order valence-electron chi connectivity index (χ0n) is 9.19. The van der Waals surface area contributed by atoms with E-state index in [-0.39, 0.29) is 24.4 Å². The average molecular weight is 221 g/mol. The number of likely N-dealkylation sites (tertiary alicyclic amines) is 1. The lowest BCUT2D eigenvalue weighted by molar-refractivity contribution is -0.134. The molecule has 2 N–H and O–H groups in total. The number of carbonyl (C=O) groups is 1. The van der Waals surface area contributed by atoms with Crippen LogP contribution >= 0.6 is 12.4 Å². The molecule has 14 heavy (non-hydrogen) atoms. The number of nitrogens with two attached hydrogens (primary N) is 1. The van der Waals surface area contributed by atoms with Gasteiger partial charge in [-0.1, -0.05) is 6.92 Å². The summed E-state index contributed by atoms with van der Waals surface area (Å²) in [5, 5.41) is 0. The molecule has 0 spiro atoms. The van der Waals surface area contributed by atoms with Crippen LogP contribution in [-0.2, 0) is 4.79 Å². The maximum atomic E-state index is 11.8. The summed E-state index contributed by atoms with van der Waals surface area (Å²) < 4.78 is 0. The molecule has 84 valence electrons. The van der Waals surface area contributed by atoms with Crippen molar-refractivity contribution in [1.82, 2.24) is 4.90 Å². The van der Waals surface area contributed by atoms with Crippen molar-refractivity contribution in [2.24, 2.45) is 5.73 Å². The van der Waals surface area contributed by atoms with Crippen LogP contribution in [0.25, 0.3) is 0 Å². The fourth-order valence-electron chi connectivity index (χ4n) is 2.00. The van der Waals surface area contributed by atoms with Gasteiger partial charge in [-0.2, -0.15) is 0 Å². The highest BCUT2D eigenvalue weighted by atomic mass is 35.5. The van der Waals surface area contributed by atoms with Gasteiger partial charge in [0.25, 0.3) is 0 Å². The van der Waals surface area contributed by atoms with Crippen molar-refractivity contribution in [3.05, 3.63) is 0 Å². The van der Waals surface area contributed by atoms with Gasteiger partial charge in [0.2, 0.25) is 5.91 Å². The van der Waals surface area contributed by atoms with E-state index in [1.807, 2.05) is 11.8 Å². The Morgan fingerprint density at radius 2 is 1.86 bits per heavy atom. The molecule has 0 aromatic carbocycles. The third-order valence-corrected chi connectivity index (χ3v) is 2.96. The molecule has 1 aliphatic heterocycles. The maximum Gasteiger partial charge on any atom is 0.239 e. The van der Waals surface area contributed by atoms with E-state index in [0.717, 1.165) is 19.3 Å². The number of halogens is 1. The normalized spacial score (nSPS) is 28.4. The predicted octanol–water partition coefficient (Wildman–Crippen LogP) is 1.54. The second-order valence-electron chi connectivity index (χ2n) is 4.04. The van der Waals surface area contributed by atoms with E-state index in [4.69, 9.17) is 5.73 Å². The van der Waals surface area contributed by atoms with Crippen LogP contribution in [0.1, 0.15) is 40.0 Å². The van der Waals surface area contributed by atoms with E-state index < -0.39 is 0 Å². The minimum atomic E-state index is -0.303. The predicted molar refractivity (Wildman–Crippen MR) is 60.5 cm³/mol. The van der Waals surface area contributed by atoms with Crippen LogP contribution in [0, 0.1) is 0 Å². The van der Waals surface area contributed by atoms with Gasteiger partial charge in [0.15, 0.2) is 0 Å². The highest BCUT2D eigenvalue weighted by Gasteiger charge is 2.33. The van der Waals surface area contributed by atoms with Gasteiger partial charge in [-0.25, -0.2) is 0 Å². The number of nitrogens with zero attached hydrogens (tertiary/aromatic N) is 1. The van der Waals surface area contributed by atoms with Crippen molar-refractivity contribution in [2.75, 3.05) is 0 Å². The lowest BCUT2D eigenvalue weighted by Gasteiger charge is -2.28. The van der Waals surface area contributed by atoms with E-state index in [0.29, 0.717) is 12.1 Å². The summed E-state index contributed by atoms with van der Waals surface area (Å²) in [6.45, 7) is 6.15. The van der Waals surface area contributed by atoms with Gasteiger partial charge in [0, 0.05) is 12.1 Å². The highest BCUT2D eigenvalue weighted by molar-refractivity contribution is 5.85. The van der Waals surface area contributed by atoms with Gasteiger partial charge in [-0.3, -0.25) is 4.79 Å². The summed E-state index contributed by atoms with van der Waals surface area (Å²) in [5.41, 5.74) is 5.73. The Hall–Kier alpha value is -0.280. The highest BCUT2D eigenvalue weighted by Crippen LogP contribution is 2.24. The van der Waals surface area contributed by atoms with E-state index >= 15 is 0 Å². The first-order valence-electron chi connectivity index (χ1n) is 5.15. The second kappa shape index (κ2) is 5.56. The number of hydrogen-bond donors (Lipinski definition) is 1. The minimum absolute atomic E-state index is 0. The van der Waals surface area contributed by atoms with Crippen LogP contribution < -0.4 is 5.73 Å². The smallest absolute Gasteiger partial charge is 0.239 e. The van der Waals surface area contributed by atoms with Gasteiger partial charge >= 0.3 is 0 Å². The molecule has 1 fully saturated rings. The van der Waals surface area contributed by atoms with Crippen molar-refractivity contribution in [3.63, 3.8) is 0 Å². The Bertz CT molecular complexity index is 189. The van der Waals surface area contributed by atoms with Crippen LogP contribution in [0.5, 0.6) is 0 Å². The third-order valence-electron chi connectivity index (χ3n) is 2.96. The van der Waals surface area contributed by atoms with Crippen molar-refractivity contribution >= 4 is 18.3 Å². The minimum Gasteiger partial charge on any atom is -0.336 e. The molecule has 0 bridgehead atoms. The quantitative estimate of drug-likeness (QED) is 0.768. The Morgan fingerprint density at radius 3 is 2.21 bits per heavy atom. The molecule has 1 heterocycles. The molecule has 1 saturated heterocycles. The number of hydrogen-bond acceptors (Lipinski definition) is 2. The number of amides is 1. The zero-order chi connectivity index (χ0) is 10.0. The standard InChI is InChI=1S/C10H20N2O.ClH/c1-4-9(11)10(13)12-7(2)5-6-8(12)3;/h7-9H,4-6,11H2,1-3H3;1H/t7?,8?,9-;/m0./s1. The fourth-order valence-corrected chi connectivity index (χ4v) is 2.00. The maximum absolute atomic E-state index is 11.8. The second-order valence-corrected chi connectivity index (χ2v) is 4.04. The lowest BCUT2D eigenvalue weighted by Crippen LogP contribution is -2.47. The molecular formula is C10H21ClN2O. The molecule has 0 aromatic rings. The third kappa shape index (κ3) is 2.61. The van der Waals surface area contributed by atoms with Crippen LogP contribution in [0.2, 0.25) is 0 Å². The van der Waals surface area contributed by atoms with Crippen LogP contribution in [0.15, 0.2) is 0 Å². The Kier molecular flexibility index (Phi) is 5.45. The monoisotopic (exact) mass is 220 g/mol. The molecule has 1 amide bonds. The first kappa shape index (κ1) is 13.7. The molecule has 1 aliphatic rings. The summed E-state index contributed by atoms with van der Waals surface area (Å²) in [5.74, 6) is 0.125. The van der Waals surface area contributed by atoms with Gasteiger partial charge < -0.3 is 10.6 Å². The van der Waals surface area contributed by atoms with Crippen molar-refractivity contribution in [2.45, 2.75) is 58.2 Å². The van der Waals surface area contributed by atoms with Crippen LogP contribution in [0.3, 0.4) is 0 Å². The molecule has 0 aliphatic carbocycles. The molecule has 2 unspecified atom stereocenters. The summed E-state index contributed by atoms with van der Waals surface area (Å²) in [7, 11) is 0. The van der Waals surface area contributed by atoms with E-state index in [2.05, 4.69) is 13.8 Å². The molecular weight excluding hydrogens is 200 g/mol. The van der Waals surface area contributed by atoms with Gasteiger partial charge in [0.1, 0.15) is 0 Å². The van der Waals surface area contributed by atoms with E-state index in [1.54, 1.807) is 0 Å². The Balaban J connectivity index is 0.00000169. The summed E-state index contributed by atoms with van der Waals surface area (Å²) in [6.07, 6.45) is 2.96. The molecule has 0 radical (unpaired) electrons. The lowest BCUT2D eigenvalue weighted by atomic mass is 10.2. The first-order valence-corrected chi connectivity index (χ1v) is 5.15. The molecule has 4 heteroatoms. The fraction of sp³-hybridized carbons (Fsp3) is 0.900. The van der Waals surface area contributed by atoms with Crippen molar-refractivity contribution < 1.29 is 4.79 Å². The van der Waals surface area contributed by atoms with Crippen molar-refractivity contribution in [1.29, 1.82) is 0 Å². The number of rotatable bonds is 2. The Labute approximate surface area is 92.4 Å². The van der Waals surface area contributed by atoms with Crippen LogP contribution in [0.4, 0.5) is 0 Å². The van der Waals surface area contributed by atoms with Gasteiger partial charge in [-0.05, 0) is 33.1 Å². The zero-order valence-corrected chi connectivity index (χ0v) is 10.0. The summed E-state index contributed by atoms with van der Waals surface area (Å²) in [6, 6.07) is 0.447. The molecule has 3 nitrogen and oxygen atoms in total. The first-order chi connectivity index (χ1) is 6.07. The largest absolute Gasteiger partial charge is 0.336 e. The SMILES string of the molecule is CC[C@H](N)C(=O)N1C(C)CCC1C.Cl. The molecule has 0 saturated carbocycles. The molecule has 0 aromatic heterocycles. The Morgan fingerprint density at radius 1 is 1.43 bits per heavy atom. The summed E-state index contributed by atoms with van der Waals surface area (Å²) in [4.78, 5) is 13.8. The van der Waals surface area contributed by atoms with Crippen LogP contribution in [-0.4, -0.2) is 28.9 Å². The van der Waals surface area contributed by atoms with E-state index in [9.17, 15) is 4.79 Å².